The van der Waals surface area contributed by atoms with Crippen molar-refractivity contribution in [3.63, 3.8) is 0 Å². The van der Waals surface area contributed by atoms with Gasteiger partial charge in [-0.25, -0.2) is 4.79 Å². The maximum atomic E-state index is 12.7. The molecule has 7 heteroatoms. The third kappa shape index (κ3) is 3.83. The maximum absolute atomic E-state index is 12.7. The van der Waals surface area contributed by atoms with Crippen LogP contribution in [0.15, 0.2) is 24.3 Å². The smallest absolute Gasteiger partial charge is 0.328 e. The van der Waals surface area contributed by atoms with Gasteiger partial charge in [0.1, 0.15) is 0 Å². The lowest BCUT2D eigenvalue weighted by Crippen LogP contribution is -2.66. The van der Waals surface area contributed by atoms with Gasteiger partial charge in [-0.15, -0.1) is 0 Å². The zero-order valence-electron chi connectivity index (χ0n) is 14.4. The Balaban J connectivity index is 2.19. The van der Waals surface area contributed by atoms with E-state index >= 15 is 0 Å². The van der Waals surface area contributed by atoms with Crippen LogP contribution in [0.4, 0.5) is 23.7 Å². The number of carbonyl (C=O) groups is 1. The number of urea groups is 1. The second-order valence-corrected chi connectivity index (χ2v) is 7.63. The number of rotatable bonds is 1. The number of piperidine rings is 1. The molecule has 3 N–H and O–H groups in total. The van der Waals surface area contributed by atoms with E-state index < -0.39 is 22.8 Å². The van der Waals surface area contributed by atoms with Gasteiger partial charge in [0.25, 0.3) is 0 Å². The Morgan fingerprint density at radius 1 is 1.12 bits per heavy atom. The molecule has 1 fully saturated rings. The van der Waals surface area contributed by atoms with Crippen molar-refractivity contribution in [1.29, 1.82) is 0 Å². The number of anilines is 1. The van der Waals surface area contributed by atoms with E-state index in [0.717, 1.165) is 12.1 Å². The number of carbonyl (C=O) groups excluding carboxylic acids is 1. The van der Waals surface area contributed by atoms with Gasteiger partial charge in [-0.3, -0.25) is 0 Å². The molecule has 2 amide bonds. The summed E-state index contributed by atoms with van der Waals surface area (Å²) < 4.78 is 37.8. The first-order chi connectivity index (χ1) is 10.8. The van der Waals surface area contributed by atoms with Gasteiger partial charge >= 0.3 is 12.2 Å². The van der Waals surface area contributed by atoms with Crippen molar-refractivity contribution in [2.45, 2.75) is 63.8 Å². The van der Waals surface area contributed by atoms with E-state index in [0.29, 0.717) is 18.5 Å². The van der Waals surface area contributed by atoms with Gasteiger partial charge < -0.3 is 16.0 Å². The van der Waals surface area contributed by atoms with Crippen molar-refractivity contribution < 1.29 is 18.0 Å². The summed E-state index contributed by atoms with van der Waals surface area (Å²) in [7, 11) is 0. The van der Waals surface area contributed by atoms with Crippen molar-refractivity contribution in [3.05, 3.63) is 29.8 Å². The number of hydrogen-bond acceptors (Lipinski definition) is 2. The molecular weight excluding hydrogens is 319 g/mol. The third-order valence-electron chi connectivity index (χ3n) is 4.40. The van der Waals surface area contributed by atoms with Gasteiger partial charge in [0.05, 0.1) is 5.56 Å². The van der Waals surface area contributed by atoms with Gasteiger partial charge in [0.2, 0.25) is 0 Å². The van der Waals surface area contributed by atoms with Crippen LogP contribution in [-0.4, -0.2) is 28.1 Å². The van der Waals surface area contributed by atoms with E-state index in [4.69, 9.17) is 5.73 Å². The molecule has 1 aromatic carbocycles. The van der Waals surface area contributed by atoms with Crippen LogP contribution in [0.5, 0.6) is 0 Å². The van der Waals surface area contributed by atoms with E-state index in [1.54, 1.807) is 4.90 Å². The molecular formula is C17H24F3N3O. The lowest BCUT2D eigenvalue weighted by atomic mass is 9.77. The van der Waals surface area contributed by atoms with E-state index in [1.807, 2.05) is 27.7 Å². The standard InChI is InChI=1S/C17H24F3N3O/c1-15(2)9-12(21)10-16(3,4)23(15)14(24)22-13-7-5-11(6-8-13)17(18,19)20/h5-8,12H,9-10,21H2,1-4H3,(H,22,24). The fraction of sp³-hybridized carbons (Fsp3) is 0.588. The first-order valence-corrected chi connectivity index (χ1v) is 7.87. The second-order valence-electron chi connectivity index (χ2n) is 7.63. The van der Waals surface area contributed by atoms with Crippen molar-refractivity contribution >= 4 is 11.7 Å². The van der Waals surface area contributed by atoms with Gasteiger partial charge in [-0.1, -0.05) is 0 Å². The largest absolute Gasteiger partial charge is 0.416 e. The Bertz CT molecular complexity index is 591. The Morgan fingerprint density at radius 3 is 2.00 bits per heavy atom. The first-order valence-electron chi connectivity index (χ1n) is 7.87. The van der Waals surface area contributed by atoms with E-state index in [9.17, 15) is 18.0 Å². The number of likely N-dealkylation sites (tertiary alicyclic amines) is 1. The maximum Gasteiger partial charge on any atom is 0.416 e. The lowest BCUT2D eigenvalue weighted by molar-refractivity contribution is -0.137. The summed E-state index contributed by atoms with van der Waals surface area (Å²) in [4.78, 5) is 14.5. The number of halogens is 3. The van der Waals surface area contributed by atoms with Crippen molar-refractivity contribution in [2.75, 3.05) is 5.32 Å². The molecule has 0 unspecified atom stereocenters. The van der Waals surface area contributed by atoms with Gasteiger partial charge in [0, 0.05) is 22.8 Å². The predicted octanol–water partition coefficient (Wildman–Crippen LogP) is 4.22. The number of amides is 2. The molecule has 0 saturated carbocycles. The summed E-state index contributed by atoms with van der Waals surface area (Å²) in [5.74, 6) is 0. The number of alkyl halides is 3. The summed E-state index contributed by atoms with van der Waals surface area (Å²) >= 11 is 0. The number of nitrogens with zero attached hydrogens (tertiary/aromatic N) is 1. The van der Waals surface area contributed by atoms with Crippen LogP contribution in [0.25, 0.3) is 0 Å². The van der Waals surface area contributed by atoms with Crippen LogP contribution in [0.3, 0.4) is 0 Å². The summed E-state index contributed by atoms with van der Waals surface area (Å²) in [6, 6.07) is 4.10. The minimum Gasteiger partial charge on any atom is -0.328 e. The Hall–Kier alpha value is -1.76. The third-order valence-corrected chi connectivity index (χ3v) is 4.40. The molecule has 134 valence electrons. The lowest BCUT2D eigenvalue weighted by Gasteiger charge is -2.54. The molecule has 0 aromatic heterocycles. The normalized spacial score (nSPS) is 20.8. The van der Waals surface area contributed by atoms with Crippen LogP contribution >= 0.6 is 0 Å². The number of hydrogen-bond donors (Lipinski definition) is 2. The highest BCUT2D eigenvalue weighted by atomic mass is 19.4. The molecule has 1 heterocycles. The predicted molar refractivity (Wildman–Crippen MR) is 87.7 cm³/mol. The second kappa shape index (κ2) is 5.95. The quantitative estimate of drug-likeness (QED) is 0.802. The Morgan fingerprint density at radius 2 is 1.58 bits per heavy atom. The van der Waals surface area contributed by atoms with Crippen molar-refractivity contribution in [2.24, 2.45) is 5.73 Å². The number of nitrogens with two attached hydrogens (primary N) is 1. The Labute approximate surface area is 140 Å². The van der Waals surface area contributed by atoms with Crippen LogP contribution in [0, 0.1) is 0 Å². The average molecular weight is 343 g/mol. The molecule has 1 saturated heterocycles. The molecule has 1 aliphatic rings. The fourth-order valence-electron chi connectivity index (χ4n) is 3.83. The monoisotopic (exact) mass is 343 g/mol. The van der Waals surface area contributed by atoms with Crippen molar-refractivity contribution in [3.8, 4) is 0 Å². The Kier molecular flexibility index (Phi) is 4.61. The average Bonchev–Trinajstić information content (AvgIpc) is 2.34. The summed E-state index contributed by atoms with van der Waals surface area (Å²) in [5.41, 5.74) is 4.78. The van der Waals surface area contributed by atoms with Gasteiger partial charge in [0.15, 0.2) is 0 Å². The highest BCUT2D eigenvalue weighted by Crippen LogP contribution is 2.38. The minimum atomic E-state index is -4.39. The zero-order chi connectivity index (χ0) is 18.3. The summed E-state index contributed by atoms with van der Waals surface area (Å²) in [6.45, 7) is 7.78. The molecule has 0 atom stereocenters. The summed E-state index contributed by atoms with van der Waals surface area (Å²) in [5, 5.41) is 2.70. The van der Waals surface area contributed by atoms with Crippen LogP contribution in [-0.2, 0) is 6.18 Å². The molecule has 1 aliphatic heterocycles. The molecule has 0 aliphatic carbocycles. The van der Waals surface area contributed by atoms with Crippen molar-refractivity contribution in [1.82, 2.24) is 4.90 Å². The fourth-order valence-corrected chi connectivity index (χ4v) is 3.83. The highest BCUT2D eigenvalue weighted by molar-refractivity contribution is 5.90. The minimum absolute atomic E-state index is 0.00474. The molecule has 0 spiro atoms. The molecule has 4 nitrogen and oxygen atoms in total. The zero-order valence-corrected chi connectivity index (χ0v) is 14.4. The van der Waals surface area contributed by atoms with E-state index in [-0.39, 0.29) is 12.1 Å². The number of benzene rings is 1. The SMILES string of the molecule is CC1(C)CC(N)CC(C)(C)N1C(=O)Nc1ccc(C(F)(F)F)cc1. The van der Waals surface area contributed by atoms with E-state index in [1.165, 1.54) is 12.1 Å². The van der Waals surface area contributed by atoms with E-state index in [2.05, 4.69) is 5.32 Å². The number of nitrogens with one attached hydrogen (secondary N) is 1. The first kappa shape index (κ1) is 18.6. The molecule has 2 rings (SSSR count). The van der Waals surface area contributed by atoms with Crippen LogP contribution in [0.2, 0.25) is 0 Å². The molecule has 0 radical (unpaired) electrons. The van der Waals surface area contributed by atoms with Crippen LogP contribution < -0.4 is 11.1 Å². The molecule has 0 bridgehead atoms. The topological polar surface area (TPSA) is 58.4 Å². The molecule has 24 heavy (non-hydrogen) atoms. The highest BCUT2D eigenvalue weighted by Gasteiger charge is 2.47. The molecule has 1 aromatic rings. The summed E-state index contributed by atoms with van der Waals surface area (Å²) in [6.07, 6.45) is -3.07. The van der Waals surface area contributed by atoms with Crippen LogP contribution in [0.1, 0.15) is 46.1 Å². The van der Waals surface area contributed by atoms with Gasteiger partial charge in [-0.2, -0.15) is 13.2 Å². The van der Waals surface area contributed by atoms with Gasteiger partial charge in [-0.05, 0) is 64.8 Å².